The first-order valence-corrected chi connectivity index (χ1v) is 6.21. The van der Waals surface area contributed by atoms with E-state index >= 15 is 0 Å². The molecule has 0 unspecified atom stereocenters. The molecule has 0 aliphatic carbocycles. The molecule has 0 atom stereocenters. The smallest absolute Gasteiger partial charge is 0.236 e. The summed E-state index contributed by atoms with van der Waals surface area (Å²) in [6.07, 6.45) is 6.47. The van der Waals surface area contributed by atoms with Crippen molar-refractivity contribution in [1.29, 1.82) is 0 Å². The highest BCUT2D eigenvalue weighted by atomic mass is 32.2. The lowest BCUT2D eigenvalue weighted by Gasteiger charge is -2.02. The third-order valence-electron chi connectivity index (χ3n) is 1.99. The summed E-state index contributed by atoms with van der Waals surface area (Å²) in [6, 6.07) is 1.81. The zero-order chi connectivity index (χ0) is 12.7. The van der Waals surface area contributed by atoms with E-state index < -0.39 is 0 Å². The third-order valence-corrected chi connectivity index (χ3v) is 2.84. The van der Waals surface area contributed by atoms with Crippen molar-refractivity contribution in [2.45, 2.75) is 13.3 Å². The molecule has 0 spiro atoms. The molecule has 0 aliphatic rings. The second-order valence-corrected chi connectivity index (χ2v) is 4.67. The van der Waals surface area contributed by atoms with E-state index in [2.05, 4.69) is 4.98 Å². The van der Waals surface area contributed by atoms with E-state index in [1.165, 1.54) is 18.9 Å². The van der Waals surface area contributed by atoms with Gasteiger partial charge in [-0.3, -0.25) is 4.79 Å². The maximum absolute atomic E-state index is 10.7. The Balaban J connectivity index is 2.48. The number of hydrogen-bond acceptors (Lipinski definition) is 5. The number of aromatic nitrogens is 1. The van der Waals surface area contributed by atoms with Crippen molar-refractivity contribution in [1.82, 2.24) is 4.98 Å². The molecule has 2 N–H and O–H groups in total. The summed E-state index contributed by atoms with van der Waals surface area (Å²) in [5.41, 5.74) is 7.18. The van der Waals surface area contributed by atoms with E-state index in [-0.39, 0.29) is 5.12 Å². The molecule has 17 heavy (non-hydrogen) atoms. The van der Waals surface area contributed by atoms with Gasteiger partial charge in [-0.1, -0.05) is 23.9 Å². The highest BCUT2D eigenvalue weighted by Gasteiger charge is 1.99. The molecule has 92 valence electrons. The van der Waals surface area contributed by atoms with Gasteiger partial charge in [-0.25, -0.2) is 4.98 Å². The summed E-state index contributed by atoms with van der Waals surface area (Å²) < 4.78 is 4.97. The number of nitrogens with two attached hydrogens (primary N) is 1. The summed E-state index contributed by atoms with van der Waals surface area (Å²) in [7, 11) is 1.53. The Kier molecular flexibility index (Phi) is 5.56. The number of methoxy groups -OCH3 is 1. The number of rotatable bonds is 5. The Bertz CT molecular complexity index is 419. The average molecular weight is 252 g/mol. The Labute approximate surface area is 105 Å². The zero-order valence-corrected chi connectivity index (χ0v) is 10.8. The fourth-order valence-electron chi connectivity index (χ4n) is 1.24. The van der Waals surface area contributed by atoms with E-state index in [1.807, 2.05) is 12.2 Å². The first kappa shape index (κ1) is 13.6. The van der Waals surface area contributed by atoms with E-state index in [0.29, 0.717) is 11.6 Å². The Morgan fingerprint density at radius 3 is 3.00 bits per heavy atom. The number of anilines is 1. The lowest BCUT2D eigenvalue weighted by Crippen LogP contribution is -1.95. The van der Waals surface area contributed by atoms with Crippen LogP contribution in [0, 0.1) is 0 Å². The summed E-state index contributed by atoms with van der Waals surface area (Å²) >= 11 is 1.33. The molecule has 1 aromatic rings. The number of nitrogens with zero attached hydrogens (tertiary/aromatic N) is 1. The molecular weight excluding hydrogens is 236 g/mol. The number of carbonyl (C=O) groups excluding carboxylic acids is 1. The quantitative estimate of drug-likeness (QED) is 0.815. The Hall–Kier alpha value is -1.49. The SMILES string of the molecule is COc1ncc(C=CCCSC(C)=O)cc1N. The summed E-state index contributed by atoms with van der Waals surface area (Å²) in [5, 5.41) is 0.147. The lowest BCUT2D eigenvalue weighted by atomic mass is 10.2. The van der Waals surface area contributed by atoms with Crippen LogP contribution in [0.5, 0.6) is 5.88 Å². The van der Waals surface area contributed by atoms with Crippen molar-refractivity contribution in [3.63, 3.8) is 0 Å². The summed E-state index contributed by atoms with van der Waals surface area (Å²) in [5.74, 6) is 1.24. The van der Waals surface area contributed by atoms with Crippen molar-refractivity contribution in [3.05, 3.63) is 23.9 Å². The molecule has 1 aromatic heterocycles. The number of pyridine rings is 1. The minimum atomic E-state index is 0.147. The van der Waals surface area contributed by atoms with Crippen molar-refractivity contribution in [2.75, 3.05) is 18.6 Å². The van der Waals surface area contributed by atoms with Gasteiger partial charge in [0.25, 0.3) is 0 Å². The second-order valence-electron chi connectivity index (χ2n) is 3.40. The summed E-state index contributed by atoms with van der Waals surface area (Å²) in [4.78, 5) is 14.8. The van der Waals surface area contributed by atoms with E-state index in [4.69, 9.17) is 10.5 Å². The van der Waals surface area contributed by atoms with Gasteiger partial charge < -0.3 is 10.5 Å². The van der Waals surface area contributed by atoms with Gasteiger partial charge in [0.05, 0.1) is 12.8 Å². The number of hydrogen-bond donors (Lipinski definition) is 1. The van der Waals surface area contributed by atoms with Crippen molar-refractivity contribution >= 4 is 28.6 Å². The zero-order valence-electron chi connectivity index (χ0n) is 9.97. The fourth-order valence-corrected chi connectivity index (χ4v) is 1.78. The molecule has 0 radical (unpaired) electrons. The van der Waals surface area contributed by atoms with Gasteiger partial charge >= 0.3 is 0 Å². The predicted molar refractivity (Wildman–Crippen MR) is 72.0 cm³/mol. The van der Waals surface area contributed by atoms with Gasteiger partial charge in [0, 0.05) is 18.9 Å². The number of ether oxygens (including phenoxy) is 1. The van der Waals surface area contributed by atoms with E-state index in [0.717, 1.165) is 17.7 Å². The Morgan fingerprint density at radius 2 is 2.41 bits per heavy atom. The van der Waals surface area contributed by atoms with Crippen molar-refractivity contribution in [2.24, 2.45) is 0 Å². The van der Waals surface area contributed by atoms with Crippen molar-refractivity contribution in [3.8, 4) is 5.88 Å². The first-order valence-electron chi connectivity index (χ1n) is 5.23. The van der Waals surface area contributed by atoms with Gasteiger partial charge in [-0.05, 0) is 18.1 Å². The largest absolute Gasteiger partial charge is 0.480 e. The lowest BCUT2D eigenvalue weighted by molar-refractivity contribution is -0.109. The number of thioether (sulfide) groups is 1. The van der Waals surface area contributed by atoms with Crippen LogP contribution in [0.1, 0.15) is 18.9 Å². The van der Waals surface area contributed by atoms with Gasteiger partial charge in [0.15, 0.2) is 5.12 Å². The van der Waals surface area contributed by atoms with Crippen LogP contribution in [-0.2, 0) is 4.79 Å². The molecule has 5 heteroatoms. The molecule has 0 amide bonds. The van der Waals surface area contributed by atoms with Crippen LogP contribution >= 0.6 is 11.8 Å². The molecule has 0 fully saturated rings. The second kappa shape index (κ2) is 6.96. The monoisotopic (exact) mass is 252 g/mol. The average Bonchev–Trinajstić information content (AvgIpc) is 2.28. The maximum atomic E-state index is 10.7. The van der Waals surface area contributed by atoms with Crippen molar-refractivity contribution < 1.29 is 9.53 Å². The Morgan fingerprint density at radius 1 is 1.65 bits per heavy atom. The normalized spacial score (nSPS) is 10.7. The number of nitrogen functional groups attached to an aromatic ring is 1. The van der Waals surface area contributed by atoms with Gasteiger partial charge in [0.1, 0.15) is 0 Å². The highest BCUT2D eigenvalue weighted by molar-refractivity contribution is 8.13. The van der Waals surface area contributed by atoms with Gasteiger partial charge in [0.2, 0.25) is 5.88 Å². The summed E-state index contributed by atoms with van der Waals surface area (Å²) in [6.45, 7) is 1.57. The van der Waals surface area contributed by atoms with Crippen LogP contribution in [0.15, 0.2) is 18.3 Å². The minimum Gasteiger partial charge on any atom is -0.480 e. The van der Waals surface area contributed by atoms with E-state index in [9.17, 15) is 4.79 Å². The first-order chi connectivity index (χ1) is 8.13. The minimum absolute atomic E-state index is 0.147. The molecule has 0 aromatic carbocycles. The molecule has 0 saturated heterocycles. The third kappa shape index (κ3) is 4.91. The standard InChI is InChI=1S/C12H16N2O2S/c1-9(15)17-6-4-3-5-10-7-11(13)12(16-2)14-8-10/h3,5,7-8H,4,6,13H2,1-2H3. The van der Waals surface area contributed by atoms with Gasteiger partial charge in [-0.2, -0.15) is 0 Å². The van der Waals surface area contributed by atoms with E-state index in [1.54, 1.807) is 19.2 Å². The van der Waals surface area contributed by atoms with Crippen LogP contribution in [0.4, 0.5) is 5.69 Å². The van der Waals surface area contributed by atoms with Crippen LogP contribution in [0.2, 0.25) is 0 Å². The van der Waals surface area contributed by atoms with Crippen LogP contribution < -0.4 is 10.5 Å². The topological polar surface area (TPSA) is 65.2 Å². The molecule has 4 nitrogen and oxygen atoms in total. The molecular formula is C12H16N2O2S. The van der Waals surface area contributed by atoms with Crippen LogP contribution in [0.3, 0.4) is 0 Å². The number of carbonyl (C=O) groups is 1. The molecule has 1 heterocycles. The highest BCUT2D eigenvalue weighted by Crippen LogP contribution is 2.19. The number of allylic oxidation sites excluding steroid dienone is 1. The molecule has 0 bridgehead atoms. The van der Waals surface area contributed by atoms with Gasteiger partial charge in [-0.15, -0.1) is 0 Å². The van der Waals surface area contributed by atoms with Crippen LogP contribution in [0.25, 0.3) is 6.08 Å². The predicted octanol–water partition coefficient (Wildman–Crippen LogP) is 2.36. The maximum Gasteiger partial charge on any atom is 0.236 e. The molecule has 0 aliphatic heterocycles. The fraction of sp³-hybridized carbons (Fsp3) is 0.333. The molecule has 1 rings (SSSR count). The van der Waals surface area contributed by atoms with Crippen LogP contribution in [-0.4, -0.2) is 23.0 Å². The molecule has 0 saturated carbocycles.